The van der Waals surface area contributed by atoms with E-state index >= 15 is 0 Å². The predicted molar refractivity (Wildman–Crippen MR) is 49.7 cm³/mol. The first-order valence-electron chi connectivity index (χ1n) is 4.41. The average molecular weight is 162 g/mol. The minimum absolute atomic E-state index is 0.505. The molecule has 1 fully saturated rings. The molecule has 0 amide bonds. The number of benzene rings is 1. The molecule has 2 heteroatoms. The molecule has 0 aromatic heterocycles. The molecule has 2 nitrogen and oxygen atoms in total. The lowest BCUT2D eigenvalue weighted by Gasteiger charge is -2.09. The topological polar surface area (TPSA) is 24.1 Å². The summed E-state index contributed by atoms with van der Waals surface area (Å²) in [7, 11) is 0. The van der Waals surface area contributed by atoms with E-state index in [1.807, 2.05) is 0 Å². The van der Waals surface area contributed by atoms with E-state index in [0.29, 0.717) is 6.04 Å². The van der Waals surface area contributed by atoms with E-state index in [2.05, 4.69) is 42.0 Å². The highest BCUT2D eigenvalue weighted by molar-refractivity contribution is 5.25. The molecule has 1 aliphatic heterocycles. The van der Waals surface area contributed by atoms with Gasteiger partial charge in [0.15, 0.2) is 0 Å². The summed E-state index contributed by atoms with van der Waals surface area (Å²) in [4.78, 5) is 0. The van der Waals surface area contributed by atoms with Crippen molar-refractivity contribution in [1.82, 2.24) is 10.9 Å². The van der Waals surface area contributed by atoms with Gasteiger partial charge in [0.1, 0.15) is 0 Å². The molecule has 2 N–H and O–H groups in total. The molecule has 0 radical (unpaired) electrons. The summed E-state index contributed by atoms with van der Waals surface area (Å²) in [6.07, 6.45) is 1.18. The number of aryl methyl sites for hydroxylation is 1. The summed E-state index contributed by atoms with van der Waals surface area (Å²) >= 11 is 0. The van der Waals surface area contributed by atoms with Gasteiger partial charge in [-0.15, -0.1) is 0 Å². The SMILES string of the molecule is Cc1cccc(C2CCNN2)c1. The average Bonchev–Trinajstić information content (AvgIpc) is 2.56. The summed E-state index contributed by atoms with van der Waals surface area (Å²) < 4.78 is 0. The first-order chi connectivity index (χ1) is 5.86. The molecule has 12 heavy (non-hydrogen) atoms. The van der Waals surface area contributed by atoms with Gasteiger partial charge in [-0.1, -0.05) is 29.8 Å². The Bertz CT molecular complexity index is 264. The molecular weight excluding hydrogens is 148 g/mol. The molecule has 1 aliphatic rings. The lowest BCUT2D eigenvalue weighted by atomic mass is 10.0. The van der Waals surface area contributed by atoms with E-state index < -0.39 is 0 Å². The second kappa shape index (κ2) is 3.25. The van der Waals surface area contributed by atoms with Crippen molar-refractivity contribution in [3.05, 3.63) is 35.4 Å². The van der Waals surface area contributed by atoms with Crippen LogP contribution in [0.4, 0.5) is 0 Å². The highest BCUT2D eigenvalue weighted by Crippen LogP contribution is 2.18. The van der Waals surface area contributed by atoms with Crippen molar-refractivity contribution in [2.24, 2.45) is 0 Å². The monoisotopic (exact) mass is 162 g/mol. The molecule has 0 spiro atoms. The van der Waals surface area contributed by atoms with E-state index in [4.69, 9.17) is 0 Å². The van der Waals surface area contributed by atoms with Gasteiger partial charge in [-0.05, 0) is 18.9 Å². The molecule has 1 aromatic rings. The highest BCUT2D eigenvalue weighted by Gasteiger charge is 2.14. The summed E-state index contributed by atoms with van der Waals surface area (Å²) in [5.74, 6) is 0. The van der Waals surface area contributed by atoms with E-state index in [1.54, 1.807) is 0 Å². The summed E-state index contributed by atoms with van der Waals surface area (Å²) in [5, 5.41) is 0. The molecule has 1 atom stereocenters. The number of hydrazine groups is 1. The van der Waals surface area contributed by atoms with Crippen LogP contribution in [0.5, 0.6) is 0 Å². The van der Waals surface area contributed by atoms with Crippen LogP contribution in [0.15, 0.2) is 24.3 Å². The van der Waals surface area contributed by atoms with Crippen LogP contribution in [-0.2, 0) is 0 Å². The third-order valence-electron chi connectivity index (χ3n) is 2.28. The third kappa shape index (κ3) is 1.49. The Hall–Kier alpha value is -0.860. The van der Waals surface area contributed by atoms with Crippen LogP contribution < -0.4 is 10.9 Å². The Morgan fingerprint density at radius 2 is 2.33 bits per heavy atom. The highest BCUT2D eigenvalue weighted by atomic mass is 15.4. The lowest BCUT2D eigenvalue weighted by molar-refractivity contribution is 0.581. The Balaban J connectivity index is 2.21. The van der Waals surface area contributed by atoms with Gasteiger partial charge in [-0.3, -0.25) is 10.9 Å². The largest absolute Gasteiger partial charge is 0.257 e. The third-order valence-corrected chi connectivity index (χ3v) is 2.28. The van der Waals surface area contributed by atoms with Crippen LogP contribution in [0.1, 0.15) is 23.6 Å². The van der Waals surface area contributed by atoms with Gasteiger partial charge in [0.2, 0.25) is 0 Å². The lowest BCUT2D eigenvalue weighted by Crippen LogP contribution is -2.24. The smallest absolute Gasteiger partial charge is 0.0475 e. The standard InChI is InChI=1S/C10H14N2/c1-8-3-2-4-9(7-8)10-5-6-11-12-10/h2-4,7,10-12H,5-6H2,1H3. The van der Waals surface area contributed by atoms with Crippen molar-refractivity contribution >= 4 is 0 Å². The zero-order valence-corrected chi connectivity index (χ0v) is 7.30. The Kier molecular flexibility index (Phi) is 2.11. The molecule has 1 aromatic carbocycles. The number of nitrogens with one attached hydrogen (secondary N) is 2. The van der Waals surface area contributed by atoms with Gasteiger partial charge in [0.05, 0.1) is 0 Å². The maximum absolute atomic E-state index is 3.25. The Labute approximate surface area is 73.0 Å². The Morgan fingerprint density at radius 1 is 1.42 bits per heavy atom. The van der Waals surface area contributed by atoms with E-state index in [1.165, 1.54) is 17.5 Å². The van der Waals surface area contributed by atoms with E-state index in [0.717, 1.165) is 6.54 Å². The first-order valence-corrected chi connectivity index (χ1v) is 4.41. The van der Waals surface area contributed by atoms with Gasteiger partial charge in [-0.25, -0.2) is 0 Å². The van der Waals surface area contributed by atoms with Crippen LogP contribution in [0.3, 0.4) is 0 Å². The second-order valence-corrected chi connectivity index (χ2v) is 3.33. The molecule has 0 saturated carbocycles. The van der Waals surface area contributed by atoms with Crippen molar-refractivity contribution in [3.63, 3.8) is 0 Å². The molecule has 1 unspecified atom stereocenters. The van der Waals surface area contributed by atoms with Gasteiger partial charge < -0.3 is 0 Å². The zero-order valence-electron chi connectivity index (χ0n) is 7.30. The van der Waals surface area contributed by atoms with Crippen molar-refractivity contribution in [2.45, 2.75) is 19.4 Å². The van der Waals surface area contributed by atoms with Crippen molar-refractivity contribution in [2.75, 3.05) is 6.54 Å². The second-order valence-electron chi connectivity index (χ2n) is 3.33. The zero-order chi connectivity index (χ0) is 8.39. The van der Waals surface area contributed by atoms with Crippen LogP contribution in [0, 0.1) is 6.92 Å². The van der Waals surface area contributed by atoms with Gasteiger partial charge in [-0.2, -0.15) is 0 Å². The molecule has 0 aliphatic carbocycles. The minimum atomic E-state index is 0.505. The fraction of sp³-hybridized carbons (Fsp3) is 0.400. The molecule has 1 heterocycles. The normalized spacial score (nSPS) is 22.9. The summed E-state index contributed by atoms with van der Waals surface area (Å²) in [6, 6.07) is 9.17. The van der Waals surface area contributed by atoms with Gasteiger partial charge in [0.25, 0.3) is 0 Å². The fourth-order valence-electron chi connectivity index (χ4n) is 1.62. The molecule has 64 valence electrons. The quantitative estimate of drug-likeness (QED) is 0.654. The maximum Gasteiger partial charge on any atom is 0.0475 e. The number of rotatable bonds is 1. The first kappa shape index (κ1) is 7.77. The van der Waals surface area contributed by atoms with Crippen LogP contribution >= 0.6 is 0 Å². The molecule has 2 rings (SSSR count). The fourth-order valence-corrected chi connectivity index (χ4v) is 1.62. The minimum Gasteiger partial charge on any atom is -0.257 e. The van der Waals surface area contributed by atoms with Crippen molar-refractivity contribution < 1.29 is 0 Å². The van der Waals surface area contributed by atoms with E-state index in [9.17, 15) is 0 Å². The van der Waals surface area contributed by atoms with Gasteiger partial charge >= 0.3 is 0 Å². The van der Waals surface area contributed by atoms with Crippen molar-refractivity contribution in [1.29, 1.82) is 0 Å². The van der Waals surface area contributed by atoms with Crippen LogP contribution in [0.2, 0.25) is 0 Å². The van der Waals surface area contributed by atoms with Crippen LogP contribution in [-0.4, -0.2) is 6.54 Å². The summed E-state index contributed by atoms with van der Waals surface area (Å²) in [5.41, 5.74) is 9.11. The van der Waals surface area contributed by atoms with Crippen molar-refractivity contribution in [3.8, 4) is 0 Å². The van der Waals surface area contributed by atoms with Crippen LogP contribution in [0.25, 0.3) is 0 Å². The molecule has 0 bridgehead atoms. The molecule has 1 saturated heterocycles. The molecular formula is C10H14N2. The van der Waals surface area contributed by atoms with Gasteiger partial charge in [0, 0.05) is 12.6 Å². The number of hydrogen-bond donors (Lipinski definition) is 2. The maximum atomic E-state index is 3.25. The van der Waals surface area contributed by atoms with E-state index in [-0.39, 0.29) is 0 Å². The number of hydrogen-bond acceptors (Lipinski definition) is 2. The summed E-state index contributed by atoms with van der Waals surface area (Å²) in [6.45, 7) is 3.20. The Morgan fingerprint density at radius 3 is 3.00 bits per heavy atom. The predicted octanol–water partition coefficient (Wildman–Crippen LogP) is 1.53.